The number of carbonyl (C=O) groups excluding carboxylic acids is 1. The van der Waals surface area contributed by atoms with Gasteiger partial charge in [0, 0.05) is 18.0 Å². The van der Waals surface area contributed by atoms with Crippen molar-refractivity contribution in [2.45, 2.75) is 19.9 Å². The van der Waals surface area contributed by atoms with Gasteiger partial charge < -0.3 is 5.32 Å². The predicted octanol–water partition coefficient (Wildman–Crippen LogP) is 0.983. The van der Waals surface area contributed by atoms with E-state index in [-0.39, 0.29) is 17.9 Å². The number of rotatable bonds is 2. The first-order chi connectivity index (χ1) is 7.18. The van der Waals surface area contributed by atoms with Crippen LogP contribution in [0.4, 0.5) is 0 Å². The average molecular weight is 203 g/mol. The van der Waals surface area contributed by atoms with Gasteiger partial charge in [0.25, 0.3) is 5.91 Å². The summed E-state index contributed by atoms with van der Waals surface area (Å²) in [5, 5.41) is 2.77. The van der Waals surface area contributed by atoms with Gasteiger partial charge in [0.1, 0.15) is 11.9 Å². The summed E-state index contributed by atoms with van der Waals surface area (Å²) in [6, 6.07) is 3.45. The first-order valence-corrected chi connectivity index (χ1v) is 4.97. The maximum atomic E-state index is 11.6. The van der Waals surface area contributed by atoms with E-state index in [2.05, 4.69) is 15.3 Å². The fourth-order valence-corrected chi connectivity index (χ4v) is 1.52. The fraction of sp³-hybridized carbons (Fsp3) is 0.364. The highest BCUT2D eigenvalue weighted by Gasteiger charge is 2.29. The van der Waals surface area contributed by atoms with Gasteiger partial charge in [-0.15, -0.1) is 0 Å². The predicted molar refractivity (Wildman–Crippen MR) is 57.5 cm³/mol. The Morgan fingerprint density at radius 1 is 1.47 bits per heavy atom. The second kappa shape index (κ2) is 3.81. The molecule has 0 spiro atoms. The number of aromatic nitrogens is 1. The lowest BCUT2D eigenvalue weighted by Gasteiger charge is -2.06. The Morgan fingerprint density at radius 3 is 2.80 bits per heavy atom. The van der Waals surface area contributed by atoms with Crippen LogP contribution >= 0.6 is 0 Å². The molecule has 0 fully saturated rings. The third-order valence-corrected chi connectivity index (χ3v) is 2.34. The molecule has 1 aliphatic heterocycles. The molecule has 1 N–H and O–H groups in total. The third kappa shape index (κ3) is 1.88. The summed E-state index contributed by atoms with van der Waals surface area (Å²) in [4.78, 5) is 19.9. The van der Waals surface area contributed by atoms with Crippen molar-refractivity contribution in [2.24, 2.45) is 10.9 Å². The van der Waals surface area contributed by atoms with Crippen LogP contribution in [-0.2, 0) is 4.79 Å². The van der Waals surface area contributed by atoms with Gasteiger partial charge in [0.2, 0.25) is 0 Å². The standard InChI is InChI=1S/C11H13N3O/c1-7(2)9-11(15)14-10(13-9)8-4-3-5-12-6-8/h3-7,9H,1-2H3,(H,13,14,15). The molecule has 1 aromatic rings. The number of aliphatic imine (C=N–C) groups is 1. The third-order valence-electron chi connectivity index (χ3n) is 2.34. The Hall–Kier alpha value is -1.71. The molecule has 1 aromatic heterocycles. The molecule has 78 valence electrons. The van der Waals surface area contributed by atoms with Gasteiger partial charge in [0.15, 0.2) is 0 Å². The van der Waals surface area contributed by atoms with Gasteiger partial charge in [-0.1, -0.05) is 13.8 Å². The monoisotopic (exact) mass is 203 g/mol. The number of pyridine rings is 1. The zero-order chi connectivity index (χ0) is 10.8. The van der Waals surface area contributed by atoms with Gasteiger partial charge in [-0.05, 0) is 18.1 Å². The smallest absolute Gasteiger partial charge is 0.250 e. The number of amides is 1. The molecule has 0 aromatic carbocycles. The first-order valence-electron chi connectivity index (χ1n) is 4.97. The zero-order valence-electron chi connectivity index (χ0n) is 8.77. The minimum absolute atomic E-state index is 0.0242. The van der Waals surface area contributed by atoms with E-state index in [1.165, 1.54) is 0 Å². The number of hydrogen-bond donors (Lipinski definition) is 1. The van der Waals surface area contributed by atoms with Crippen LogP contribution in [0.2, 0.25) is 0 Å². The number of nitrogens with zero attached hydrogens (tertiary/aromatic N) is 2. The molecular weight excluding hydrogens is 190 g/mol. The van der Waals surface area contributed by atoms with E-state index in [0.717, 1.165) is 5.56 Å². The molecule has 1 unspecified atom stereocenters. The molecule has 2 heterocycles. The van der Waals surface area contributed by atoms with Gasteiger partial charge in [0.05, 0.1) is 0 Å². The van der Waals surface area contributed by atoms with E-state index in [0.29, 0.717) is 5.84 Å². The van der Waals surface area contributed by atoms with Crippen molar-refractivity contribution < 1.29 is 4.79 Å². The van der Waals surface area contributed by atoms with E-state index in [1.54, 1.807) is 12.4 Å². The van der Waals surface area contributed by atoms with E-state index >= 15 is 0 Å². The summed E-state index contributed by atoms with van der Waals surface area (Å²) in [5.74, 6) is 0.829. The topological polar surface area (TPSA) is 54.4 Å². The van der Waals surface area contributed by atoms with Crippen molar-refractivity contribution in [1.29, 1.82) is 0 Å². The van der Waals surface area contributed by atoms with Gasteiger partial charge >= 0.3 is 0 Å². The summed E-state index contributed by atoms with van der Waals surface area (Å²) in [6.07, 6.45) is 3.39. The van der Waals surface area contributed by atoms with Crippen molar-refractivity contribution in [3.8, 4) is 0 Å². The molecule has 4 nitrogen and oxygen atoms in total. The van der Waals surface area contributed by atoms with Crippen LogP contribution < -0.4 is 5.32 Å². The van der Waals surface area contributed by atoms with Crippen molar-refractivity contribution >= 4 is 11.7 Å². The van der Waals surface area contributed by atoms with Crippen LogP contribution in [0.25, 0.3) is 0 Å². The zero-order valence-corrected chi connectivity index (χ0v) is 8.77. The number of nitrogens with one attached hydrogen (secondary N) is 1. The van der Waals surface area contributed by atoms with Crippen LogP contribution in [-0.4, -0.2) is 22.8 Å². The van der Waals surface area contributed by atoms with Crippen LogP contribution in [0.3, 0.4) is 0 Å². The average Bonchev–Trinajstić information content (AvgIpc) is 2.62. The number of hydrogen-bond acceptors (Lipinski definition) is 3. The quantitative estimate of drug-likeness (QED) is 0.779. The van der Waals surface area contributed by atoms with Crippen molar-refractivity contribution in [3.05, 3.63) is 30.1 Å². The molecule has 0 radical (unpaired) electrons. The lowest BCUT2D eigenvalue weighted by Crippen LogP contribution is -2.31. The van der Waals surface area contributed by atoms with Crippen molar-refractivity contribution in [2.75, 3.05) is 0 Å². The molecule has 0 aliphatic carbocycles. The van der Waals surface area contributed by atoms with Crippen LogP contribution in [0.15, 0.2) is 29.5 Å². The lowest BCUT2D eigenvalue weighted by molar-refractivity contribution is -0.120. The van der Waals surface area contributed by atoms with E-state index < -0.39 is 0 Å². The number of amidine groups is 1. The normalized spacial score (nSPS) is 20.3. The molecule has 15 heavy (non-hydrogen) atoms. The van der Waals surface area contributed by atoms with Gasteiger partial charge in [-0.25, -0.2) is 0 Å². The number of carbonyl (C=O) groups is 1. The van der Waals surface area contributed by atoms with Crippen molar-refractivity contribution in [3.63, 3.8) is 0 Å². The van der Waals surface area contributed by atoms with E-state index in [1.807, 2.05) is 26.0 Å². The summed E-state index contributed by atoms with van der Waals surface area (Å²) in [7, 11) is 0. The lowest BCUT2D eigenvalue weighted by atomic mass is 10.1. The molecule has 0 saturated carbocycles. The van der Waals surface area contributed by atoms with Gasteiger partial charge in [-0.2, -0.15) is 0 Å². The molecule has 0 saturated heterocycles. The molecule has 2 rings (SSSR count). The molecule has 4 heteroatoms. The highest BCUT2D eigenvalue weighted by molar-refractivity contribution is 6.13. The summed E-state index contributed by atoms with van der Waals surface area (Å²) in [5.41, 5.74) is 0.856. The second-order valence-electron chi connectivity index (χ2n) is 3.90. The summed E-state index contributed by atoms with van der Waals surface area (Å²) < 4.78 is 0. The van der Waals surface area contributed by atoms with Crippen LogP contribution in [0.1, 0.15) is 19.4 Å². The Kier molecular flexibility index (Phi) is 2.49. The van der Waals surface area contributed by atoms with E-state index in [9.17, 15) is 4.79 Å². The first kappa shape index (κ1) is 9.83. The van der Waals surface area contributed by atoms with Gasteiger partial charge in [-0.3, -0.25) is 14.8 Å². The fourth-order valence-electron chi connectivity index (χ4n) is 1.52. The van der Waals surface area contributed by atoms with Crippen LogP contribution in [0.5, 0.6) is 0 Å². The largest absolute Gasteiger partial charge is 0.309 e. The highest BCUT2D eigenvalue weighted by Crippen LogP contribution is 2.13. The van der Waals surface area contributed by atoms with Crippen molar-refractivity contribution in [1.82, 2.24) is 10.3 Å². The maximum absolute atomic E-state index is 11.6. The molecular formula is C11H13N3O. The summed E-state index contributed by atoms with van der Waals surface area (Å²) in [6.45, 7) is 3.97. The Balaban J connectivity index is 2.27. The van der Waals surface area contributed by atoms with Crippen LogP contribution in [0, 0.1) is 5.92 Å². The minimum atomic E-state index is -0.264. The molecule has 1 aliphatic rings. The Labute approximate surface area is 88.4 Å². The minimum Gasteiger partial charge on any atom is -0.309 e. The Morgan fingerprint density at radius 2 is 2.27 bits per heavy atom. The van der Waals surface area contributed by atoms with E-state index in [4.69, 9.17) is 0 Å². The summed E-state index contributed by atoms with van der Waals surface area (Å²) >= 11 is 0. The highest BCUT2D eigenvalue weighted by atomic mass is 16.2. The Bertz CT molecular complexity index is 398. The second-order valence-corrected chi connectivity index (χ2v) is 3.90. The molecule has 0 bridgehead atoms. The maximum Gasteiger partial charge on any atom is 0.250 e. The molecule has 1 atom stereocenters. The molecule has 1 amide bonds. The SMILES string of the molecule is CC(C)C1N=C(c2cccnc2)NC1=O.